The Balaban J connectivity index is 0.00000272. The standard InChI is InChI=1S/C21H30N6O2S2.2ClH/c1-6-26(7-2)11-16(28)24-20-22-14-10-15-19(13(5)18(14)30-20)31-21(23-15)25-17(29)12-27(8-3)9-4;;/h10H,6-9,11-12H2,1-5H3,(H,22,24,28)(H,23,25,29);2*1H. The lowest BCUT2D eigenvalue weighted by molar-refractivity contribution is -0.118. The molecule has 12 heteroatoms. The van der Waals surface area contributed by atoms with E-state index < -0.39 is 0 Å². The van der Waals surface area contributed by atoms with Crippen LogP contribution in [0.25, 0.3) is 20.4 Å². The molecule has 1 aromatic carbocycles. The highest BCUT2D eigenvalue weighted by Gasteiger charge is 2.17. The number of aryl methyl sites for hydroxylation is 1. The summed E-state index contributed by atoms with van der Waals surface area (Å²) < 4.78 is 2.05. The van der Waals surface area contributed by atoms with Crippen LogP contribution in [-0.4, -0.2) is 70.9 Å². The smallest absolute Gasteiger partial charge is 0.240 e. The number of anilines is 2. The second-order valence-electron chi connectivity index (χ2n) is 7.26. The number of rotatable bonds is 10. The topological polar surface area (TPSA) is 90.5 Å². The van der Waals surface area contributed by atoms with Crippen molar-refractivity contribution in [1.29, 1.82) is 0 Å². The van der Waals surface area contributed by atoms with Crippen molar-refractivity contribution in [2.75, 3.05) is 49.9 Å². The highest BCUT2D eigenvalue weighted by atomic mass is 35.5. The van der Waals surface area contributed by atoms with Crippen molar-refractivity contribution in [2.24, 2.45) is 0 Å². The van der Waals surface area contributed by atoms with E-state index in [0.717, 1.165) is 52.2 Å². The predicted octanol–water partition coefficient (Wildman–Crippen LogP) is 4.62. The lowest BCUT2D eigenvalue weighted by Crippen LogP contribution is -2.32. The largest absolute Gasteiger partial charge is 0.301 e. The van der Waals surface area contributed by atoms with Gasteiger partial charge in [-0.1, -0.05) is 50.4 Å². The number of hydrogen-bond acceptors (Lipinski definition) is 8. The van der Waals surface area contributed by atoms with Crippen LogP contribution in [0.2, 0.25) is 0 Å². The maximum absolute atomic E-state index is 12.3. The SMILES string of the molecule is CCN(CC)CC(=O)Nc1nc2cc3nc(NC(=O)CN(CC)CC)sc3c(C)c2s1.Cl.Cl. The third-order valence-corrected chi connectivity index (χ3v) is 7.49. The number of carbonyl (C=O) groups is 2. The molecule has 8 nitrogen and oxygen atoms in total. The summed E-state index contributed by atoms with van der Waals surface area (Å²) in [6, 6.07) is 1.92. The summed E-state index contributed by atoms with van der Waals surface area (Å²) in [6.45, 7) is 14.2. The van der Waals surface area contributed by atoms with Gasteiger partial charge in [0.05, 0.1) is 33.5 Å². The third-order valence-electron chi connectivity index (χ3n) is 5.28. The lowest BCUT2D eigenvalue weighted by Gasteiger charge is -2.16. The zero-order valence-corrected chi connectivity index (χ0v) is 22.8. The zero-order chi connectivity index (χ0) is 22.5. The van der Waals surface area contributed by atoms with Crippen LogP contribution in [0.4, 0.5) is 10.3 Å². The Bertz CT molecular complexity index is 999. The molecule has 3 aromatic rings. The Morgan fingerprint density at radius 3 is 1.48 bits per heavy atom. The highest BCUT2D eigenvalue weighted by molar-refractivity contribution is 7.24. The quantitative estimate of drug-likeness (QED) is 0.394. The number of fused-ring (bicyclic) bond motifs is 2. The highest BCUT2D eigenvalue weighted by Crippen LogP contribution is 2.37. The first-order chi connectivity index (χ1) is 14.9. The summed E-state index contributed by atoms with van der Waals surface area (Å²) in [5, 5.41) is 7.03. The molecule has 3 rings (SSSR count). The van der Waals surface area contributed by atoms with Crippen LogP contribution in [-0.2, 0) is 9.59 Å². The fourth-order valence-corrected chi connectivity index (χ4v) is 5.35. The van der Waals surface area contributed by atoms with E-state index in [-0.39, 0.29) is 36.6 Å². The first-order valence-electron chi connectivity index (χ1n) is 10.6. The Kier molecular flexibility index (Phi) is 11.9. The summed E-state index contributed by atoms with van der Waals surface area (Å²) in [5.74, 6) is -0.114. The van der Waals surface area contributed by atoms with Crippen molar-refractivity contribution in [3.05, 3.63) is 11.6 Å². The molecule has 2 N–H and O–H groups in total. The molecular formula is C21H32Cl2N6O2S2. The number of hydrogen-bond donors (Lipinski definition) is 2. The number of carbonyl (C=O) groups excluding carboxylic acids is 2. The van der Waals surface area contributed by atoms with Gasteiger partial charge >= 0.3 is 0 Å². The van der Waals surface area contributed by atoms with Gasteiger partial charge in [0.2, 0.25) is 11.8 Å². The maximum Gasteiger partial charge on any atom is 0.240 e. The number of nitrogens with zero attached hydrogens (tertiary/aromatic N) is 4. The summed E-state index contributed by atoms with van der Waals surface area (Å²) in [7, 11) is 0. The molecule has 0 saturated carbocycles. The van der Waals surface area contributed by atoms with E-state index in [9.17, 15) is 9.59 Å². The van der Waals surface area contributed by atoms with Crippen molar-refractivity contribution in [3.8, 4) is 0 Å². The Morgan fingerprint density at radius 1 is 0.788 bits per heavy atom. The number of likely N-dealkylation sites (N-methyl/N-ethyl adjacent to an activating group) is 2. The van der Waals surface area contributed by atoms with Gasteiger partial charge in [-0.15, -0.1) is 24.8 Å². The minimum Gasteiger partial charge on any atom is -0.301 e. The van der Waals surface area contributed by atoms with E-state index in [1.165, 1.54) is 22.7 Å². The molecule has 0 fully saturated rings. The van der Waals surface area contributed by atoms with Crippen LogP contribution < -0.4 is 10.6 Å². The average molecular weight is 536 g/mol. The van der Waals surface area contributed by atoms with Crippen molar-refractivity contribution in [2.45, 2.75) is 34.6 Å². The van der Waals surface area contributed by atoms with E-state index >= 15 is 0 Å². The Hall–Kier alpha value is -1.56. The average Bonchev–Trinajstić information content (AvgIpc) is 3.33. The first kappa shape index (κ1) is 29.5. The van der Waals surface area contributed by atoms with E-state index in [4.69, 9.17) is 0 Å². The molecule has 0 aliphatic carbocycles. The number of thiazole rings is 2. The van der Waals surface area contributed by atoms with Gasteiger partial charge in [-0.2, -0.15) is 0 Å². The Morgan fingerprint density at radius 2 is 1.15 bits per heavy atom. The van der Waals surface area contributed by atoms with Crippen molar-refractivity contribution in [3.63, 3.8) is 0 Å². The van der Waals surface area contributed by atoms with Gasteiger partial charge in [-0.05, 0) is 44.7 Å². The minimum absolute atomic E-state index is 0. The first-order valence-corrected chi connectivity index (χ1v) is 12.3. The molecule has 2 amide bonds. The zero-order valence-electron chi connectivity index (χ0n) is 19.6. The van der Waals surface area contributed by atoms with Gasteiger partial charge < -0.3 is 10.6 Å². The molecule has 184 valence electrons. The Labute approximate surface area is 215 Å². The van der Waals surface area contributed by atoms with Gasteiger partial charge in [0.25, 0.3) is 0 Å². The van der Waals surface area contributed by atoms with E-state index in [1.54, 1.807) is 0 Å². The lowest BCUT2D eigenvalue weighted by atomic mass is 10.2. The van der Waals surface area contributed by atoms with E-state index in [1.807, 2.05) is 40.7 Å². The van der Waals surface area contributed by atoms with Gasteiger partial charge in [0.1, 0.15) is 0 Å². The number of halogens is 2. The van der Waals surface area contributed by atoms with Crippen molar-refractivity contribution >= 4 is 90.0 Å². The molecule has 0 aliphatic rings. The van der Waals surface area contributed by atoms with Gasteiger partial charge in [-0.25, -0.2) is 9.97 Å². The molecule has 2 aromatic heterocycles. The van der Waals surface area contributed by atoms with Gasteiger partial charge in [-0.3, -0.25) is 19.4 Å². The van der Waals surface area contributed by atoms with E-state index in [0.29, 0.717) is 23.4 Å². The number of nitrogens with one attached hydrogen (secondary N) is 2. The molecule has 0 atom stereocenters. The molecule has 0 spiro atoms. The molecule has 0 saturated heterocycles. The fraction of sp³-hybridized carbons (Fsp3) is 0.524. The molecule has 0 radical (unpaired) electrons. The minimum atomic E-state index is -0.0569. The predicted molar refractivity (Wildman–Crippen MR) is 145 cm³/mol. The second-order valence-corrected chi connectivity index (χ2v) is 9.25. The van der Waals surface area contributed by atoms with Crippen LogP contribution in [0, 0.1) is 6.92 Å². The molecule has 0 unspecified atom stereocenters. The van der Waals surface area contributed by atoms with Gasteiger partial charge in [0.15, 0.2) is 10.3 Å². The van der Waals surface area contributed by atoms with Crippen LogP contribution in [0.5, 0.6) is 0 Å². The molecule has 2 heterocycles. The molecular weight excluding hydrogens is 503 g/mol. The van der Waals surface area contributed by atoms with Crippen LogP contribution in [0.15, 0.2) is 6.07 Å². The molecule has 0 aliphatic heterocycles. The summed E-state index contributed by atoms with van der Waals surface area (Å²) in [4.78, 5) is 37.9. The molecule has 0 bridgehead atoms. The summed E-state index contributed by atoms with van der Waals surface area (Å²) in [6.07, 6.45) is 0. The molecule has 33 heavy (non-hydrogen) atoms. The van der Waals surface area contributed by atoms with Crippen LogP contribution in [0.1, 0.15) is 33.3 Å². The number of aromatic nitrogens is 2. The number of benzene rings is 1. The third kappa shape index (κ3) is 7.21. The normalized spacial score (nSPS) is 11.0. The van der Waals surface area contributed by atoms with Gasteiger partial charge in [0, 0.05) is 0 Å². The van der Waals surface area contributed by atoms with Crippen LogP contribution >= 0.6 is 47.5 Å². The number of amides is 2. The van der Waals surface area contributed by atoms with Crippen molar-refractivity contribution < 1.29 is 9.59 Å². The fourth-order valence-electron chi connectivity index (χ4n) is 3.35. The second kappa shape index (κ2) is 13.4. The van der Waals surface area contributed by atoms with Crippen molar-refractivity contribution in [1.82, 2.24) is 19.8 Å². The van der Waals surface area contributed by atoms with Crippen LogP contribution in [0.3, 0.4) is 0 Å². The monoisotopic (exact) mass is 534 g/mol. The summed E-state index contributed by atoms with van der Waals surface area (Å²) in [5.41, 5.74) is 2.68. The summed E-state index contributed by atoms with van der Waals surface area (Å²) >= 11 is 2.94. The maximum atomic E-state index is 12.3. The van der Waals surface area contributed by atoms with E-state index in [2.05, 4.69) is 30.4 Å².